The van der Waals surface area contributed by atoms with Crippen LogP contribution in [0.2, 0.25) is 0 Å². The number of H-pyrrole nitrogens is 1. The molecule has 2 heterocycles. The third-order valence-corrected chi connectivity index (χ3v) is 1.88. The molecule has 0 unspecified atom stereocenters. The molecule has 0 saturated carbocycles. The number of carboxylic acid groups (broad SMARTS) is 1. The Labute approximate surface area is 84.9 Å². The molecule has 0 aliphatic heterocycles. The smallest absolute Gasteiger partial charge is 0.303 e. The summed E-state index contributed by atoms with van der Waals surface area (Å²) < 4.78 is 4.90. The third-order valence-electron chi connectivity index (χ3n) is 1.88. The largest absolute Gasteiger partial charge is 0.481 e. The van der Waals surface area contributed by atoms with E-state index in [1.54, 1.807) is 12.4 Å². The molecule has 2 N–H and O–H groups in total. The molecule has 0 fully saturated rings. The maximum absolute atomic E-state index is 10.3. The molecule has 6 nitrogen and oxygen atoms in total. The Kier molecular flexibility index (Phi) is 2.49. The zero-order valence-corrected chi connectivity index (χ0v) is 7.80. The Morgan fingerprint density at radius 2 is 2.47 bits per heavy atom. The summed E-state index contributed by atoms with van der Waals surface area (Å²) in [5.74, 6) is -0.0679. The molecule has 0 aliphatic rings. The van der Waals surface area contributed by atoms with Crippen molar-refractivity contribution in [2.75, 3.05) is 0 Å². The van der Waals surface area contributed by atoms with Crippen molar-refractivity contribution in [2.24, 2.45) is 0 Å². The molecule has 0 atom stereocenters. The normalized spacial score (nSPS) is 10.4. The SMILES string of the molecule is O=C(O)CCc1nc(-c2cc[nH]c2)no1. The van der Waals surface area contributed by atoms with Crippen LogP contribution in [0.3, 0.4) is 0 Å². The number of hydrogen-bond donors (Lipinski definition) is 2. The molecule has 2 aromatic heterocycles. The van der Waals surface area contributed by atoms with Crippen LogP contribution in [-0.4, -0.2) is 26.2 Å². The van der Waals surface area contributed by atoms with Crippen molar-refractivity contribution >= 4 is 5.97 Å². The Balaban J connectivity index is 2.08. The average molecular weight is 207 g/mol. The van der Waals surface area contributed by atoms with Crippen LogP contribution in [0.15, 0.2) is 23.0 Å². The highest BCUT2D eigenvalue weighted by Crippen LogP contribution is 2.14. The lowest BCUT2D eigenvalue weighted by molar-refractivity contribution is -0.137. The predicted octanol–water partition coefficient (Wildman–Crippen LogP) is 1.08. The highest BCUT2D eigenvalue weighted by atomic mass is 16.5. The number of hydrogen-bond acceptors (Lipinski definition) is 4. The summed E-state index contributed by atoms with van der Waals surface area (Å²) >= 11 is 0. The molecule has 0 aromatic carbocycles. The minimum atomic E-state index is -0.878. The van der Waals surface area contributed by atoms with Crippen LogP contribution < -0.4 is 0 Å². The lowest BCUT2D eigenvalue weighted by atomic mass is 10.3. The number of aromatic amines is 1. The van der Waals surface area contributed by atoms with Gasteiger partial charge in [-0.25, -0.2) is 0 Å². The first kappa shape index (κ1) is 9.45. The van der Waals surface area contributed by atoms with Crippen LogP contribution >= 0.6 is 0 Å². The van der Waals surface area contributed by atoms with E-state index in [4.69, 9.17) is 9.63 Å². The number of aryl methyl sites for hydroxylation is 1. The van der Waals surface area contributed by atoms with Crippen molar-refractivity contribution in [1.82, 2.24) is 15.1 Å². The topological polar surface area (TPSA) is 92.0 Å². The van der Waals surface area contributed by atoms with E-state index in [-0.39, 0.29) is 12.8 Å². The number of rotatable bonds is 4. The maximum atomic E-state index is 10.3. The van der Waals surface area contributed by atoms with Gasteiger partial charge in [0.2, 0.25) is 11.7 Å². The van der Waals surface area contributed by atoms with E-state index in [2.05, 4.69) is 15.1 Å². The van der Waals surface area contributed by atoms with Crippen LogP contribution in [-0.2, 0) is 11.2 Å². The molecule has 0 radical (unpaired) electrons. The van der Waals surface area contributed by atoms with Crippen LogP contribution in [0.5, 0.6) is 0 Å². The van der Waals surface area contributed by atoms with E-state index < -0.39 is 5.97 Å². The molecule has 0 saturated heterocycles. The van der Waals surface area contributed by atoms with Gasteiger partial charge in [-0.3, -0.25) is 4.79 Å². The fourth-order valence-corrected chi connectivity index (χ4v) is 1.15. The summed E-state index contributed by atoms with van der Waals surface area (Å²) in [5, 5.41) is 12.2. The maximum Gasteiger partial charge on any atom is 0.303 e. The van der Waals surface area contributed by atoms with Gasteiger partial charge in [-0.2, -0.15) is 4.98 Å². The van der Waals surface area contributed by atoms with E-state index in [1.165, 1.54) is 0 Å². The van der Waals surface area contributed by atoms with Crippen LogP contribution in [0, 0.1) is 0 Å². The van der Waals surface area contributed by atoms with Gasteiger partial charge in [0.15, 0.2) is 0 Å². The summed E-state index contributed by atoms with van der Waals surface area (Å²) in [7, 11) is 0. The third kappa shape index (κ3) is 2.22. The highest BCUT2D eigenvalue weighted by molar-refractivity contribution is 5.66. The zero-order chi connectivity index (χ0) is 10.7. The molecule has 78 valence electrons. The molecule has 0 spiro atoms. The Morgan fingerprint density at radius 1 is 1.60 bits per heavy atom. The lowest BCUT2D eigenvalue weighted by Crippen LogP contribution is -1.97. The summed E-state index contributed by atoms with van der Waals surface area (Å²) in [5.41, 5.74) is 0.820. The average Bonchev–Trinajstić information content (AvgIpc) is 2.85. The number of nitrogens with zero attached hydrogens (tertiary/aromatic N) is 2. The monoisotopic (exact) mass is 207 g/mol. The summed E-state index contributed by atoms with van der Waals surface area (Å²) in [4.78, 5) is 17.2. The summed E-state index contributed by atoms with van der Waals surface area (Å²) in [6.07, 6.45) is 3.75. The molecular formula is C9H9N3O3. The molecule has 2 rings (SSSR count). The van der Waals surface area contributed by atoms with E-state index in [0.717, 1.165) is 5.56 Å². The number of carbonyl (C=O) groups is 1. The first-order chi connectivity index (χ1) is 7.25. The van der Waals surface area contributed by atoms with Gasteiger partial charge in [-0.1, -0.05) is 5.16 Å². The Morgan fingerprint density at radius 3 is 3.13 bits per heavy atom. The van der Waals surface area contributed by atoms with Gasteiger partial charge in [-0.05, 0) is 6.07 Å². The first-order valence-electron chi connectivity index (χ1n) is 4.43. The zero-order valence-electron chi connectivity index (χ0n) is 7.80. The van der Waals surface area contributed by atoms with Crippen molar-refractivity contribution in [3.05, 3.63) is 24.4 Å². The lowest BCUT2D eigenvalue weighted by Gasteiger charge is -1.87. The minimum Gasteiger partial charge on any atom is -0.481 e. The van der Waals surface area contributed by atoms with Crippen molar-refractivity contribution in [1.29, 1.82) is 0 Å². The van der Waals surface area contributed by atoms with Gasteiger partial charge in [0.05, 0.1) is 6.42 Å². The van der Waals surface area contributed by atoms with Crippen molar-refractivity contribution < 1.29 is 14.4 Å². The van der Waals surface area contributed by atoms with Crippen molar-refractivity contribution in [2.45, 2.75) is 12.8 Å². The second kappa shape index (κ2) is 3.95. The van der Waals surface area contributed by atoms with Crippen LogP contribution in [0.25, 0.3) is 11.4 Å². The Bertz CT molecular complexity index is 447. The molecule has 0 bridgehead atoms. The standard InChI is InChI=1S/C9H9N3O3/c13-8(14)2-1-7-11-9(12-15-7)6-3-4-10-5-6/h3-5,10H,1-2H2,(H,13,14). The highest BCUT2D eigenvalue weighted by Gasteiger charge is 2.09. The van der Waals surface area contributed by atoms with Gasteiger partial charge in [0.25, 0.3) is 0 Å². The second-order valence-corrected chi connectivity index (χ2v) is 3.01. The van der Waals surface area contributed by atoms with Gasteiger partial charge < -0.3 is 14.6 Å². The number of carboxylic acids is 1. The fraction of sp³-hybridized carbons (Fsp3) is 0.222. The molecule has 6 heteroatoms. The van der Waals surface area contributed by atoms with Gasteiger partial charge >= 0.3 is 5.97 Å². The van der Waals surface area contributed by atoms with Gasteiger partial charge in [-0.15, -0.1) is 0 Å². The fourth-order valence-electron chi connectivity index (χ4n) is 1.15. The first-order valence-corrected chi connectivity index (χ1v) is 4.43. The summed E-state index contributed by atoms with van der Waals surface area (Å²) in [6.45, 7) is 0. The second-order valence-electron chi connectivity index (χ2n) is 3.01. The van der Waals surface area contributed by atoms with Crippen molar-refractivity contribution in [3.8, 4) is 11.4 Å². The van der Waals surface area contributed by atoms with E-state index in [9.17, 15) is 4.79 Å². The quantitative estimate of drug-likeness (QED) is 0.782. The Hall–Kier alpha value is -2.11. The summed E-state index contributed by atoms with van der Waals surface area (Å²) in [6, 6.07) is 1.81. The van der Waals surface area contributed by atoms with Gasteiger partial charge in [0, 0.05) is 24.4 Å². The molecule has 15 heavy (non-hydrogen) atoms. The predicted molar refractivity (Wildman–Crippen MR) is 50.0 cm³/mol. The number of aliphatic carboxylic acids is 1. The van der Waals surface area contributed by atoms with E-state index in [1.807, 2.05) is 6.07 Å². The molecule has 0 aliphatic carbocycles. The molecule has 2 aromatic rings. The van der Waals surface area contributed by atoms with E-state index in [0.29, 0.717) is 11.7 Å². The number of nitrogens with one attached hydrogen (secondary N) is 1. The van der Waals surface area contributed by atoms with E-state index >= 15 is 0 Å². The minimum absolute atomic E-state index is 0.00519. The van der Waals surface area contributed by atoms with Gasteiger partial charge in [0.1, 0.15) is 0 Å². The van der Waals surface area contributed by atoms with Crippen molar-refractivity contribution in [3.63, 3.8) is 0 Å². The molecule has 0 amide bonds. The number of aromatic nitrogens is 3. The molecular weight excluding hydrogens is 198 g/mol. The van der Waals surface area contributed by atoms with Crippen LogP contribution in [0.1, 0.15) is 12.3 Å². The van der Waals surface area contributed by atoms with Crippen LogP contribution in [0.4, 0.5) is 0 Å².